The third kappa shape index (κ3) is 2.57. The average Bonchev–Trinajstić information content (AvgIpc) is 2.04. The minimum absolute atomic E-state index is 0.0812. The molecule has 1 unspecified atom stereocenters. The molecule has 13 heavy (non-hydrogen) atoms. The minimum Gasteiger partial charge on any atom is -0.397 e. The van der Waals surface area contributed by atoms with Crippen LogP contribution in [0.25, 0.3) is 0 Å². The van der Waals surface area contributed by atoms with Gasteiger partial charge in [-0.1, -0.05) is 24.9 Å². The van der Waals surface area contributed by atoms with Crippen LogP contribution in [0, 0.1) is 0 Å². The molecule has 0 amide bonds. The van der Waals surface area contributed by atoms with Crippen molar-refractivity contribution in [2.45, 2.75) is 25.8 Å². The lowest BCUT2D eigenvalue weighted by Crippen LogP contribution is -2.13. The van der Waals surface area contributed by atoms with E-state index in [0.717, 1.165) is 18.5 Å². The molecule has 4 N–H and O–H groups in total. The van der Waals surface area contributed by atoms with Gasteiger partial charge in [0.25, 0.3) is 0 Å². The van der Waals surface area contributed by atoms with Crippen LogP contribution in [0.5, 0.6) is 0 Å². The van der Waals surface area contributed by atoms with Gasteiger partial charge in [-0.05, 0) is 12.5 Å². The highest BCUT2D eigenvalue weighted by Gasteiger charge is 2.09. The standard InChI is InChI=1S/C9H14ClN3/c1-2-3-7(11)9-8(12)4-6(10)5-13-9/h4-5,7H,2-3,11-12H2,1H3. The summed E-state index contributed by atoms with van der Waals surface area (Å²) in [7, 11) is 0. The number of pyridine rings is 1. The predicted molar refractivity (Wildman–Crippen MR) is 55.5 cm³/mol. The van der Waals surface area contributed by atoms with E-state index in [9.17, 15) is 0 Å². The van der Waals surface area contributed by atoms with Gasteiger partial charge in [-0.15, -0.1) is 0 Å². The van der Waals surface area contributed by atoms with E-state index in [-0.39, 0.29) is 6.04 Å². The number of nitrogen functional groups attached to an aromatic ring is 1. The van der Waals surface area contributed by atoms with Gasteiger partial charge in [0.15, 0.2) is 0 Å². The smallest absolute Gasteiger partial charge is 0.0800 e. The van der Waals surface area contributed by atoms with E-state index in [1.165, 1.54) is 0 Å². The first-order chi connectivity index (χ1) is 6.15. The van der Waals surface area contributed by atoms with Gasteiger partial charge in [0.1, 0.15) is 0 Å². The van der Waals surface area contributed by atoms with Gasteiger partial charge in [0.05, 0.1) is 16.4 Å². The lowest BCUT2D eigenvalue weighted by atomic mass is 10.1. The number of aromatic nitrogens is 1. The second-order valence-corrected chi connectivity index (χ2v) is 3.46. The molecule has 0 aliphatic heterocycles. The Balaban J connectivity index is 2.88. The van der Waals surface area contributed by atoms with Gasteiger partial charge in [-0.2, -0.15) is 0 Å². The first-order valence-corrected chi connectivity index (χ1v) is 4.69. The molecule has 3 nitrogen and oxygen atoms in total. The molecule has 4 heteroatoms. The zero-order valence-corrected chi connectivity index (χ0v) is 8.38. The van der Waals surface area contributed by atoms with Crippen molar-refractivity contribution in [2.24, 2.45) is 5.73 Å². The van der Waals surface area contributed by atoms with E-state index in [0.29, 0.717) is 10.7 Å². The van der Waals surface area contributed by atoms with Crippen molar-refractivity contribution < 1.29 is 0 Å². The van der Waals surface area contributed by atoms with Crippen LogP contribution in [0.4, 0.5) is 5.69 Å². The number of hydrogen-bond acceptors (Lipinski definition) is 3. The van der Waals surface area contributed by atoms with Gasteiger partial charge in [-0.3, -0.25) is 4.98 Å². The fourth-order valence-electron chi connectivity index (χ4n) is 1.22. The summed E-state index contributed by atoms with van der Waals surface area (Å²) >= 11 is 5.72. The van der Waals surface area contributed by atoms with Crippen molar-refractivity contribution in [1.82, 2.24) is 4.98 Å². The molecule has 0 aliphatic rings. The van der Waals surface area contributed by atoms with Gasteiger partial charge < -0.3 is 11.5 Å². The monoisotopic (exact) mass is 199 g/mol. The van der Waals surface area contributed by atoms with Crippen LogP contribution in [0.2, 0.25) is 5.02 Å². The Bertz CT molecular complexity index is 288. The summed E-state index contributed by atoms with van der Waals surface area (Å²) in [6.07, 6.45) is 3.48. The third-order valence-electron chi connectivity index (χ3n) is 1.87. The quantitative estimate of drug-likeness (QED) is 0.784. The Morgan fingerprint density at radius 2 is 2.31 bits per heavy atom. The van der Waals surface area contributed by atoms with Crippen LogP contribution < -0.4 is 11.5 Å². The van der Waals surface area contributed by atoms with Crippen molar-refractivity contribution in [3.63, 3.8) is 0 Å². The third-order valence-corrected chi connectivity index (χ3v) is 2.07. The lowest BCUT2D eigenvalue weighted by molar-refractivity contribution is 0.624. The first kappa shape index (κ1) is 10.3. The van der Waals surface area contributed by atoms with Crippen molar-refractivity contribution in [3.05, 3.63) is 23.0 Å². The molecule has 0 saturated heterocycles. The van der Waals surface area contributed by atoms with Crippen molar-refractivity contribution in [3.8, 4) is 0 Å². The van der Waals surface area contributed by atoms with E-state index in [4.69, 9.17) is 23.1 Å². The summed E-state index contributed by atoms with van der Waals surface area (Å²) in [5.74, 6) is 0. The molecule has 1 heterocycles. The highest BCUT2D eigenvalue weighted by Crippen LogP contribution is 2.22. The molecule has 0 bridgehead atoms. The molecule has 0 aliphatic carbocycles. The Hall–Kier alpha value is -0.800. The Morgan fingerprint density at radius 3 is 2.85 bits per heavy atom. The van der Waals surface area contributed by atoms with Gasteiger partial charge in [-0.25, -0.2) is 0 Å². The molecular formula is C9H14ClN3. The number of halogens is 1. The topological polar surface area (TPSA) is 64.9 Å². The highest BCUT2D eigenvalue weighted by atomic mass is 35.5. The Morgan fingerprint density at radius 1 is 1.62 bits per heavy atom. The fourth-order valence-corrected chi connectivity index (χ4v) is 1.39. The molecular weight excluding hydrogens is 186 g/mol. The highest BCUT2D eigenvalue weighted by molar-refractivity contribution is 6.30. The molecule has 0 fully saturated rings. The van der Waals surface area contributed by atoms with Crippen LogP contribution in [-0.2, 0) is 0 Å². The second kappa shape index (κ2) is 4.44. The number of hydrogen-bond donors (Lipinski definition) is 2. The van der Waals surface area contributed by atoms with E-state index in [1.54, 1.807) is 12.3 Å². The fraction of sp³-hybridized carbons (Fsp3) is 0.444. The van der Waals surface area contributed by atoms with Crippen LogP contribution in [0.3, 0.4) is 0 Å². The van der Waals surface area contributed by atoms with Crippen LogP contribution in [0.15, 0.2) is 12.3 Å². The molecule has 0 aromatic carbocycles. The van der Waals surface area contributed by atoms with Crippen molar-refractivity contribution in [1.29, 1.82) is 0 Å². The summed E-state index contributed by atoms with van der Waals surface area (Å²) in [5.41, 5.74) is 12.9. The average molecular weight is 200 g/mol. The van der Waals surface area contributed by atoms with Crippen LogP contribution >= 0.6 is 11.6 Å². The maximum absolute atomic E-state index is 5.87. The SMILES string of the molecule is CCCC(N)c1ncc(Cl)cc1N. The zero-order chi connectivity index (χ0) is 9.84. The summed E-state index contributed by atoms with van der Waals surface area (Å²) in [5, 5.41) is 0.546. The molecule has 1 aromatic rings. The maximum Gasteiger partial charge on any atom is 0.0800 e. The molecule has 72 valence electrons. The Labute approximate surface area is 83.1 Å². The molecule has 1 aromatic heterocycles. The molecule has 1 atom stereocenters. The summed E-state index contributed by atoms with van der Waals surface area (Å²) in [6, 6.07) is 1.60. The number of nitrogens with zero attached hydrogens (tertiary/aromatic N) is 1. The van der Waals surface area contributed by atoms with Gasteiger partial charge in [0.2, 0.25) is 0 Å². The largest absolute Gasteiger partial charge is 0.397 e. The second-order valence-electron chi connectivity index (χ2n) is 3.02. The summed E-state index contributed by atoms with van der Waals surface area (Å²) in [6.45, 7) is 2.08. The first-order valence-electron chi connectivity index (χ1n) is 4.31. The van der Waals surface area contributed by atoms with Crippen LogP contribution in [0.1, 0.15) is 31.5 Å². The minimum atomic E-state index is -0.0812. The number of rotatable bonds is 3. The maximum atomic E-state index is 5.87. The predicted octanol–water partition coefficient (Wildman–Crippen LogP) is 2.12. The van der Waals surface area contributed by atoms with E-state index in [2.05, 4.69) is 11.9 Å². The van der Waals surface area contributed by atoms with Crippen molar-refractivity contribution >= 4 is 17.3 Å². The summed E-state index contributed by atoms with van der Waals surface area (Å²) in [4.78, 5) is 4.11. The normalized spacial score (nSPS) is 12.8. The summed E-state index contributed by atoms with van der Waals surface area (Å²) < 4.78 is 0. The van der Waals surface area contributed by atoms with Gasteiger partial charge >= 0.3 is 0 Å². The number of nitrogens with two attached hydrogens (primary N) is 2. The molecule has 0 spiro atoms. The van der Waals surface area contributed by atoms with E-state index < -0.39 is 0 Å². The van der Waals surface area contributed by atoms with E-state index >= 15 is 0 Å². The number of anilines is 1. The lowest BCUT2D eigenvalue weighted by Gasteiger charge is -2.11. The molecule has 0 radical (unpaired) electrons. The molecule has 0 saturated carbocycles. The molecule has 1 rings (SSSR count). The van der Waals surface area contributed by atoms with E-state index in [1.807, 2.05) is 0 Å². The zero-order valence-electron chi connectivity index (χ0n) is 7.63. The van der Waals surface area contributed by atoms with Crippen LogP contribution in [-0.4, -0.2) is 4.98 Å². The van der Waals surface area contributed by atoms with Crippen molar-refractivity contribution in [2.75, 3.05) is 5.73 Å². The van der Waals surface area contributed by atoms with Gasteiger partial charge in [0, 0.05) is 12.2 Å². The Kier molecular flexibility index (Phi) is 3.51.